The van der Waals surface area contributed by atoms with Gasteiger partial charge in [-0.1, -0.05) is 24.3 Å². The molecule has 33 heavy (non-hydrogen) atoms. The van der Waals surface area contributed by atoms with Gasteiger partial charge in [0.15, 0.2) is 0 Å². The van der Waals surface area contributed by atoms with Crippen LogP contribution in [0.4, 0.5) is 13.6 Å². The zero-order chi connectivity index (χ0) is 23.5. The number of carboxylic acids is 1. The Morgan fingerprint density at radius 1 is 1.06 bits per heavy atom. The highest BCUT2D eigenvalue weighted by Gasteiger charge is 2.24. The lowest BCUT2D eigenvalue weighted by Gasteiger charge is -2.12. The number of hydrogen-bond acceptors (Lipinski definition) is 5. The summed E-state index contributed by atoms with van der Waals surface area (Å²) in [5, 5.41) is 8.82. The van der Waals surface area contributed by atoms with Crippen molar-refractivity contribution in [1.29, 1.82) is 0 Å². The highest BCUT2D eigenvalue weighted by molar-refractivity contribution is 5.71. The van der Waals surface area contributed by atoms with Crippen molar-refractivity contribution in [3.8, 4) is 17.1 Å². The third-order valence-electron chi connectivity index (χ3n) is 5.29. The fourth-order valence-electron chi connectivity index (χ4n) is 3.68. The minimum absolute atomic E-state index is 0.0903. The fourth-order valence-corrected chi connectivity index (χ4v) is 3.68. The van der Waals surface area contributed by atoms with E-state index in [4.69, 9.17) is 14.6 Å². The van der Waals surface area contributed by atoms with Gasteiger partial charge in [0.2, 0.25) is 5.88 Å². The second-order valence-corrected chi connectivity index (χ2v) is 7.57. The van der Waals surface area contributed by atoms with Crippen LogP contribution in [0, 0.1) is 11.6 Å². The summed E-state index contributed by atoms with van der Waals surface area (Å²) < 4.78 is 39.3. The van der Waals surface area contributed by atoms with Crippen molar-refractivity contribution >= 4 is 12.1 Å². The second kappa shape index (κ2) is 9.23. The number of hydrogen-bond donors (Lipinski definition) is 1. The van der Waals surface area contributed by atoms with E-state index in [2.05, 4.69) is 4.98 Å². The van der Waals surface area contributed by atoms with Gasteiger partial charge in [0.05, 0.1) is 19.2 Å². The van der Waals surface area contributed by atoms with Gasteiger partial charge in [0, 0.05) is 30.3 Å². The van der Waals surface area contributed by atoms with Crippen LogP contribution in [0.5, 0.6) is 5.88 Å². The maximum Gasteiger partial charge on any atom is 0.410 e. The second-order valence-electron chi connectivity index (χ2n) is 7.57. The maximum atomic E-state index is 14.5. The van der Waals surface area contributed by atoms with Gasteiger partial charge in [0.25, 0.3) is 0 Å². The number of benzene rings is 2. The molecule has 0 saturated heterocycles. The predicted octanol–water partition coefficient (Wildman–Crippen LogP) is 4.31. The molecule has 0 spiro atoms. The zero-order valence-corrected chi connectivity index (χ0v) is 17.7. The van der Waals surface area contributed by atoms with Gasteiger partial charge in [-0.25, -0.2) is 18.6 Å². The van der Waals surface area contributed by atoms with E-state index in [9.17, 15) is 18.4 Å². The van der Waals surface area contributed by atoms with Gasteiger partial charge >= 0.3 is 12.1 Å². The molecular weight excluding hydrogens is 434 g/mol. The smallest absolute Gasteiger partial charge is 0.410 e. The lowest BCUT2D eigenvalue weighted by atomic mass is 10.0. The molecule has 1 aromatic heterocycles. The lowest BCUT2D eigenvalue weighted by molar-refractivity contribution is -0.136. The van der Waals surface area contributed by atoms with E-state index in [0.29, 0.717) is 13.1 Å². The monoisotopic (exact) mass is 454 g/mol. The molecule has 0 unspecified atom stereocenters. The molecule has 1 aliphatic heterocycles. The molecule has 0 fully saturated rings. The SMILES string of the molecule is COC(=O)N1Cc2ccc(COc3cccc(-c4cc(F)c(CC(=O)O)cc4F)n3)cc2C1. The lowest BCUT2D eigenvalue weighted by Crippen LogP contribution is -2.24. The van der Waals surface area contributed by atoms with Crippen molar-refractivity contribution in [3.05, 3.63) is 82.4 Å². The Labute approximate surface area is 188 Å². The van der Waals surface area contributed by atoms with Gasteiger partial charge in [-0.3, -0.25) is 9.69 Å². The van der Waals surface area contributed by atoms with Crippen LogP contribution in [0.1, 0.15) is 22.3 Å². The fraction of sp³-hybridized carbons (Fsp3) is 0.208. The van der Waals surface area contributed by atoms with Crippen LogP contribution in [0.15, 0.2) is 48.5 Å². The molecule has 2 heterocycles. The number of fused-ring (bicyclic) bond motifs is 1. The number of nitrogens with zero attached hydrogens (tertiary/aromatic N) is 2. The van der Waals surface area contributed by atoms with E-state index in [1.54, 1.807) is 17.0 Å². The molecule has 1 N–H and O–H groups in total. The first-order valence-electron chi connectivity index (χ1n) is 10.1. The third kappa shape index (κ3) is 4.92. The first kappa shape index (κ1) is 22.2. The zero-order valence-electron chi connectivity index (χ0n) is 17.7. The molecule has 7 nitrogen and oxygen atoms in total. The van der Waals surface area contributed by atoms with Crippen molar-refractivity contribution in [2.75, 3.05) is 7.11 Å². The summed E-state index contributed by atoms with van der Waals surface area (Å²) in [4.78, 5) is 28.4. The number of methoxy groups -OCH3 is 1. The van der Waals surface area contributed by atoms with Crippen LogP contribution in [0.25, 0.3) is 11.3 Å². The standard InChI is InChI=1S/C24H20F2N2O5/c1-32-24(31)28-11-15-6-5-14(7-17(15)12-28)13-33-22-4-2-3-21(27-22)18-10-19(25)16(8-20(18)26)9-23(29)30/h2-8,10H,9,11-13H2,1H3,(H,29,30). The van der Waals surface area contributed by atoms with Crippen molar-refractivity contribution in [3.63, 3.8) is 0 Å². The average molecular weight is 454 g/mol. The molecule has 3 aromatic rings. The van der Waals surface area contributed by atoms with Gasteiger partial charge in [0.1, 0.15) is 18.2 Å². The number of carbonyl (C=O) groups is 2. The van der Waals surface area contributed by atoms with Gasteiger partial charge in [-0.15, -0.1) is 0 Å². The minimum Gasteiger partial charge on any atom is -0.481 e. The summed E-state index contributed by atoms with van der Waals surface area (Å²) in [5.74, 6) is -2.62. The Hall–Kier alpha value is -4.01. The van der Waals surface area contributed by atoms with E-state index in [-0.39, 0.29) is 35.4 Å². The molecule has 0 bridgehead atoms. The van der Waals surface area contributed by atoms with Crippen molar-refractivity contribution in [2.45, 2.75) is 26.1 Å². The topological polar surface area (TPSA) is 89.0 Å². The van der Waals surface area contributed by atoms with Crippen LogP contribution < -0.4 is 4.74 Å². The van der Waals surface area contributed by atoms with Crippen molar-refractivity contribution in [2.24, 2.45) is 0 Å². The van der Waals surface area contributed by atoms with E-state index in [0.717, 1.165) is 28.8 Å². The molecule has 0 atom stereocenters. The number of halogens is 2. The van der Waals surface area contributed by atoms with Crippen LogP contribution in [0.2, 0.25) is 0 Å². The summed E-state index contributed by atoms with van der Waals surface area (Å²) in [6.45, 7) is 1.13. The molecule has 9 heteroatoms. The Bertz CT molecular complexity index is 1230. The van der Waals surface area contributed by atoms with Crippen molar-refractivity contribution < 1.29 is 33.0 Å². The quantitative estimate of drug-likeness (QED) is 0.597. The highest BCUT2D eigenvalue weighted by atomic mass is 19.1. The summed E-state index contributed by atoms with van der Waals surface area (Å²) in [6.07, 6.45) is -0.998. The van der Waals surface area contributed by atoms with Gasteiger partial charge < -0.3 is 14.6 Å². The van der Waals surface area contributed by atoms with Crippen LogP contribution in [0.3, 0.4) is 0 Å². The third-order valence-corrected chi connectivity index (χ3v) is 5.29. The Kier molecular flexibility index (Phi) is 6.21. The van der Waals surface area contributed by atoms with Crippen LogP contribution >= 0.6 is 0 Å². The number of ether oxygens (including phenoxy) is 2. The van der Waals surface area contributed by atoms with Crippen molar-refractivity contribution in [1.82, 2.24) is 9.88 Å². The maximum absolute atomic E-state index is 14.5. The van der Waals surface area contributed by atoms with Crippen LogP contribution in [-0.4, -0.2) is 34.2 Å². The van der Waals surface area contributed by atoms with Gasteiger partial charge in [-0.05, 0) is 34.9 Å². The first-order valence-corrected chi connectivity index (χ1v) is 10.1. The van der Waals surface area contributed by atoms with Gasteiger partial charge in [-0.2, -0.15) is 0 Å². The molecule has 1 aliphatic rings. The molecule has 0 radical (unpaired) electrons. The molecule has 170 valence electrons. The minimum atomic E-state index is -1.25. The largest absolute Gasteiger partial charge is 0.481 e. The normalized spacial score (nSPS) is 12.4. The van der Waals surface area contributed by atoms with E-state index < -0.39 is 24.0 Å². The molecule has 1 amide bonds. The molecule has 2 aromatic carbocycles. The first-order chi connectivity index (χ1) is 15.8. The summed E-state index contributed by atoms with van der Waals surface area (Å²) in [6, 6.07) is 12.3. The Morgan fingerprint density at radius 3 is 2.61 bits per heavy atom. The number of aromatic nitrogens is 1. The Balaban J connectivity index is 1.48. The summed E-state index contributed by atoms with van der Waals surface area (Å²) in [5.41, 5.74) is 2.73. The summed E-state index contributed by atoms with van der Waals surface area (Å²) >= 11 is 0. The molecule has 0 saturated carbocycles. The number of aliphatic carboxylic acids is 1. The predicted molar refractivity (Wildman–Crippen MR) is 113 cm³/mol. The molecular formula is C24H20F2N2O5. The van der Waals surface area contributed by atoms with E-state index in [1.165, 1.54) is 13.2 Å². The van der Waals surface area contributed by atoms with Crippen LogP contribution in [-0.2, 0) is 35.6 Å². The number of carboxylic acid groups (broad SMARTS) is 1. The molecule has 0 aliphatic carbocycles. The van der Waals surface area contributed by atoms with E-state index in [1.807, 2.05) is 18.2 Å². The van der Waals surface area contributed by atoms with E-state index >= 15 is 0 Å². The average Bonchev–Trinajstić information content (AvgIpc) is 3.22. The number of pyridine rings is 1. The molecule has 4 rings (SSSR count). The summed E-state index contributed by atoms with van der Waals surface area (Å²) in [7, 11) is 1.34. The highest BCUT2D eigenvalue weighted by Crippen LogP contribution is 2.27. The number of amides is 1. The number of rotatable bonds is 6. The Morgan fingerprint density at radius 2 is 1.85 bits per heavy atom. The number of carbonyl (C=O) groups excluding carboxylic acids is 1.